The average Bonchev–Trinajstić information content (AvgIpc) is 2.47. The van der Waals surface area contributed by atoms with Gasteiger partial charge in [-0.25, -0.2) is 0 Å². The Morgan fingerprint density at radius 2 is 2.33 bits per heavy atom. The predicted octanol–water partition coefficient (Wildman–Crippen LogP) is 3.66. The molecule has 0 spiro atoms. The zero-order valence-corrected chi connectivity index (χ0v) is 7.84. The van der Waals surface area contributed by atoms with Gasteiger partial charge in [-0.2, -0.15) is 0 Å². The van der Waals surface area contributed by atoms with E-state index >= 15 is 0 Å². The van der Waals surface area contributed by atoms with Crippen LogP contribution in [0.5, 0.6) is 0 Å². The van der Waals surface area contributed by atoms with Crippen LogP contribution in [0.15, 0.2) is 29.2 Å². The minimum Gasteiger partial charge on any atom is -0.466 e. The van der Waals surface area contributed by atoms with Crippen LogP contribution in [0.4, 0.5) is 0 Å². The van der Waals surface area contributed by atoms with Crippen molar-refractivity contribution < 1.29 is 4.42 Å². The number of rotatable bonds is 4. The Morgan fingerprint density at radius 3 is 2.83 bits per heavy atom. The monoisotopic (exact) mass is 164 g/mol. The predicted molar refractivity (Wildman–Crippen MR) is 51.3 cm³/mol. The van der Waals surface area contributed by atoms with Crippen LogP contribution < -0.4 is 0 Å². The fourth-order valence-corrected chi connectivity index (χ4v) is 1.23. The molecule has 0 amide bonds. The van der Waals surface area contributed by atoms with Crippen molar-refractivity contribution >= 4 is 0 Å². The van der Waals surface area contributed by atoms with Gasteiger partial charge in [-0.3, -0.25) is 0 Å². The van der Waals surface area contributed by atoms with E-state index in [-0.39, 0.29) is 0 Å². The Morgan fingerprint density at radius 1 is 1.58 bits per heavy atom. The maximum atomic E-state index is 5.51. The van der Waals surface area contributed by atoms with Crippen molar-refractivity contribution in [1.82, 2.24) is 0 Å². The summed E-state index contributed by atoms with van der Waals surface area (Å²) in [5, 5.41) is 0. The maximum Gasteiger partial charge on any atom is 0.106 e. The van der Waals surface area contributed by atoms with E-state index in [1.807, 2.05) is 19.1 Å². The summed E-state index contributed by atoms with van der Waals surface area (Å²) < 4.78 is 5.51. The Labute approximate surface area is 74.1 Å². The van der Waals surface area contributed by atoms with E-state index in [0.29, 0.717) is 5.92 Å². The van der Waals surface area contributed by atoms with Gasteiger partial charge >= 0.3 is 0 Å². The van der Waals surface area contributed by atoms with Gasteiger partial charge in [0.15, 0.2) is 0 Å². The molecule has 0 saturated carbocycles. The van der Waals surface area contributed by atoms with Gasteiger partial charge in [-0.1, -0.05) is 13.0 Å². The highest BCUT2D eigenvalue weighted by atomic mass is 16.3. The second-order valence-corrected chi connectivity index (χ2v) is 3.22. The molecule has 0 bridgehead atoms. The summed E-state index contributed by atoms with van der Waals surface area (Å²) in [6.07, 6.45) is 4.13. The average molecular weight is 164 g/mol. The second-order valence-electron chi connectivity index (χ2n) is 3.22. The molecule has 1 unspecified atom stereocenters. The highest BCUT2D eigenvalue weighted by Gasteiger charge is 2.07. The molecule has 0 aliphatic rings. The van der Waals surface area contributed by atoms with Crippen molar-refractivity contribution in [1.29, 1.82) is 0 Å². The Hall–Kier alpha value is -0.980. The molecule has 1 rings (SSSR count). The summed E-state index contributed by atoms with van der Waals surface area (Å²) in [7, 11) is 0. The molecular formula is C11H16O. The third-order valence-corrected chi connectivity index (χ3v) is 2.05. The van der Waals surface area contributed by atoms with E-state index in [1.165, 1.54) is 0 Å². The molecule has 1 atom stereocenters. The SMILES string of the molecule is C=CCCC(C)c1ccc(C)o1. The third kappa shape index (κ3) is 2.26. The molecular weight excluding hydrogens is 148 g/mol. The molecule has 12 heavy (non-hydrogen) atoms. The van der Waals surface area contributed by atoms with Crippen LogP contribution in [-0.4, -0.2) is 0 Å². The number of hydrogen-bond acceptors (Lipinski definition) is 1. The fourth-order valence-electron chi connectivity index (χ4n) is 1.23. The molecule has 0 aromatic carbocycles. The Balaban J connectivity index is 2.52. The molecule has 1 heterocycles. The van der Waals surface area contributed by atoms with Crippen LogP contribution in [-0.2, 0) is 0 Å². The highest BCUT2D eigenvalue weighted by Crippen LogP contribution is 2.22. The van der Waals surface area contributed by atoms with E-state index in [1.54, 1.807) is 0 Å². The summed E-state index contributed by atoms with van der Waals surface area (Å²) in [4.78, 5) is 0. The lowest BCUT2D eigenvalue weighted by atomic mass is 10.0. The van der Waals surface area contributed by atoms with E-state index < -0.39 is 0 Å². The molecule has 1 aromatic heterocycles. The minimum absolute atomic E-state index is 0.511. The first-order valence-electron chi connectivity index (χ1n) is 4.41. The number of hydrogen-bond donors (Lipinski definition) is 0. The normalized spacial score (nSPS) is 12.8. The van der Waals surface area contributed by atoms with Gasteiger partial charge in [-0.05, 0) is 31.9 Å². The van der Waals surface area contributed by atoms with Crippen molar-refractivity contribution in [2.45, 2.75) is 32.6 Å². The summed E-state index contributed by atoms with van der Waals surface area (Å²) in [5.41, 5.74) is 0. The smallest absolute Gasteiger partial charge is 0.106 e. The van der Waals surface area contributed by atoms with Crippen LogP contribution in [0, 0.1) is 6.92 Å². The van der Waals surface area contributed by atoms with Gasteiger partial charge in [0.05, 0.1) is 0 Å². The van der Waals surface area contributed by atoms with Crippen molar-refractivity contribution in [2.24, 2.45) is 0 Å². The zero-order chi connectivity index (χ0) is 8.97. The van der Waals surface area contributed by atoms with Gasteiger partial charge in [0.25, 0.3) is 0 Å². The molecule has 0 fully saturated rings. The summed E-state index contributed by atoms with van der Waals surface area (Å²) in [5.74, 6) is 2.60. The van der Waals surface area contributed by atoms with Crippen LogP contribution in [0.3, 0.4) is 0 Å². The summed E-state index contributed by atoms with van der Waals surface area (Å²) >= 11 is 0. The first-order valence-corrected chi connectivity index (χ1v) is 4.41. The molecule has 0 aliphatic heterocycles. The van der Waals surface area contributed by atoms with Crippen LogP contribution >= 0.6 is 0 Å². The lowest BCUT2D eigenvalue weighted by molar-refractivity contribution is 0.444. The van der Waals surface area contributed by atoms with Crippen LogP contribution in [0.1, 0.15) is 37.2 Å². The lowest BCUT2D eigenvalue weighted by Crippen LogP contribution is -1.89. The second kappa shape index (κ2) is 4.15. The van der Waals surface area contributed by atoms with Crippen molar-refractivity contribution in [3.8, 4) is 0 Å². The van der Waals surface area contributed by atoms with Gasteiger partial charge in [0, 0.05) is 5.92 Å². The quantitative estimate of drug-likeness (QED) is 0.619. The first kappa shape index (κ1) is 9.11. The standard InChI is InChI=1S/C11H16O/c1-4-5-6-9(2)11-8-7-10(3)12-11/h4,7-9H,1,5-6H2,2-3H3. The van der Waals surface area contributed by atoms with E-state index in [9.17, 15) is 0 Å². The molecule has 1 aromatic rings. The van der Waals surface area contributed by atoms with E-state index in [0.717, 1.165) is 24.4 Å². The summed E-state index contributed by atoms with van der Waals surface area (Å²) in [6, 6.07) is 4.07. The van der Waals surface area contributed by atoms with Gasteiger partial charge < -0.3 is 4.42 Å². The Bertz CT molecular complexity index is 247. The maximum absolute atomic E-state index is 5.51. The molecule has 1 nitrogen and oxygen atoms in total. The van der Waals surface area contributed by atoms with Crippen molar-refractivity contribution in [3.05, 3.63) is 36.3 Å². The third-order valence-electron chi connectivity index (χ3n) is 2.05. The number of allylic oxidation sites excluding steroid dienone is 1. The molecule has 0 saturated heterocycles. The van der Waals surface area contributed by atoms with Crippen molar-refractivity contribution in [3.63, 3.8) is 0 Å². The zero-order valence-electron chi connectivity index (χ0n) is 7.84. The van der Waals surface area contributed by atoms with Crippen LogP contribution in [0.25, 0.3) is 0 Å². The van der Waals surface area contributed by atoms with Crippen molar-refractivity contribution in [2.75, 3.05) is 0 Å². The molecule has 66 valence electrons. The Kier molecular flexibility index (Phi) is 3.15. The minimum atomic E-state index is 0.511. The van der Waals surface area contributed by atoms with Crippen LogP contribution in [0.2, 0.25) is 0 Å². The summed E-state index contributed by atoms with van der Waals surface area (Å²) in [6.45, 7) is 7.86. The highest BCUT2D eigenvalue weighted by molar-refractivity contribution is 5.09. The number of furan rings is 1. The first-order chi connectivity index (χ1) is 5.74. The van der Waals surface area contributed by atoms with Gasteiger partial charge in [-0.15, -0.1) is 6.58 Å². The molecule has 0 aliphatic carbocycles. The fraction of sp³-hybridized carbons (Fsp3) is 0.455. The topological polar surface area (TPSA) is 13.1 Å². The number of aryl methyl sites for hydroxylation is 1. The van der Waals surface area contributed by atoms with E-state index in [4.69, 9.17) is 4.42 Å². The van der Waals surface area contributed by atoms with Gasteiger partial charge in [0.1, 0.15) is 11.5 Å². The van der Waals surface area contributed by atoms with E-state index in [2.05, 4.69) is 19.6 Å². The molecule has 0 N–H and O–H groups in total. The lowest BCUT2D eigenvalue weighted by Gasteiger charge is -2.05. The van der Waals surface area contributed by atoms with Gasteiger partial charge in [0.2, 0.25) is 0 Å². The largest absolute Gasteiger partial charge is 0.466 e. The molecule has 1 heteroatoms. The molecule has 0 radical (unpaired) electrons.